The zero-order valence-electron chi connectivity index (χ0n) is 13.6. The third-order valence-corrected chi connectivity index (χ3v) is 4.81. The summed E-state index contributed by atoms with van der Waals surface area (Å²) in [5.41, 5.74) is 2.53. The molecule has 0 aromatic heterocycles. The van der Waals surface area contributed by atoms with Crippen LogP contribution in [0, 0.1) is 5.92 Å². The Hall–Kier alpha value is -1.88. The van der Waals surface area contributed by atoms with Gasteiger partial charge in [-0.2, -0.15) is 0 Å². The summed E-state index contributed by atoms with van der Waals surface area (Å²) < 4.78 is 5.08. The van der Waals surface area contributed by atoms with Crippen LogP contribution in [0.15, 0.2) is 24.3 Å². The maximum absolute atomic E-state index is 12.7. The number of fused-ring (bicyclic) bond motifs is 1. The number of likely N-dealkylation sites (tertiary alicyclic amines) is 1. The molecule has 1 saturated heterocycles. The lowest BCUT2D eigenvalue weighted by molar-refractivity contribution is -0.151. The van der Waals surface area contributed by atoms with Crippen LogP contribution in [-0.2, 0) is 27.3 Å². The molecule has 23 heavy (non-hydrogen) atoms. The topological polar surface area (TPSA) is 58.6 Å². The molecule has 2 aliphatic heterocycles. The molecule has 1 aromatic rings. The van der Waals surface area contributed by atoms with Gasteiger partial charge in [0.05, 0.1) is 18.6 Å². The molecule has 0 radical (unpaired) electrons. The summed E-state index contributed by atoms with van der Waals surface area (Å²) in [6.45, 7) is 4.27. The molecule has 1 amide bonds. The Morgan fingerprint density at radius 2 is 1.91 bits per heavy atom. The highest BCUT2D eigenvalue weighted by molar-refractivity contribution is 5.83. The maximum atomic E-state index is 12.7. The number of nitrogens with one attached hydrogen (secondary N) is 1. The van der Waals surface area contributed by atoms with E-state index < -0.39 is 0 Å². The van der Waals surface area contributed by atoms with Crippen molar-refractivity contribution < 1.29 is 14.3 Å². The molecule has 1 N–H and O–H groups in total. The summed E-state index contributed by atoms with van der Waals surface area (Å²) in [6.07, 6.45) is 2.15. The number of esters is 1. The lowest BCUT2D eigenvalue weighted by atomic mass is 9.93. The van der Waals surface area contributed by atoms with Gasteiger partial charge >= 0.3 is 5.97 Å². The van der Waals surface area contributed by atoms with Crippen LogP contribution in [0.5, 0.6) is 0 Å². The molecule has 124 valence electrons. The summed E-state index contributed by atoms with van der Waals surface area (Å²) in [7, 11) is 0. The van der Waals surface area contributed by atoms with Crippen LogP contribution < -0.4 is 5.32 Å². The monoisotopic (exact) mass is 316 g/mol. The first-order valence-corrected chi connectivity index (χ1v) is 8.44. The number of hydrogen-bond acceptors (Lipinski definition) is 4. The average Bonchev–Trinajstić information content (AvgIpc) is 2.61. The first-order chi connectivity index (χ1) is 11.2. The van der Waals surface area contributed by atoms with Crippen molar-refractivity contribution in [2.75, 3.05) is 19.7 Å². The average molecular weight is 316 g/mol. The van der Waals surface area contributed by atoms with Crippen LogP contribution in [0.1, 0.15) is 30.9 Å². The Labute approximate surface area is 137 Å². The van der Waals surface area contributed by atoms with E-state index in [0.717, 1.165) is 13.0 Å². The number of carbonyl (C=O) groups excluding carboxylic acids is 2. The summed E-state index contributed by atoms with van der Waals surface area (Å²) in [5, 5.41) is 3.34. The quantitative estimate of drug-likeness (QED) is 0.859. The third kappa shape index (κ3) is 3.55. The fourth-order valence-electron chi connectivity index (χ4n) is 3.45. The van der Waals surface area contributed by atoms with Gasteiger partial charge in [-0.25, -0.2) is 0 Å². The third-order valence-electron chi connectivity index (χ3n) is 4.81. The minimum atomic E-state index is -0.149. The molecule has 0 aliphatic carbocycles. The minimum absolute atomic E-state index is 0.0564. The number of rotatable bonds is 3. The normalized spacial score (nSPS) is 21.6. The van der Waals surface area contributed by atoms with E-state index in [9.17, 15) is 9.59 Å². The van der Waals surface area contributed by atoms with Gasteiger partial charge in [0.1, 0.15) is 0 Å². The first-order valence-electron chi connectivity index (χ1n) is 8.44. The number of nitrogens with zero attached hydrogens (tertiary/aromatic N) is 1. The Morgan fingerprint density at radius 1 is 1.22 bits per heavy atom. The van der Waals surface area contributed by atoms with E-state index >= 15 is 0 Å². The van der Waals surface area contributed by atoms with E-state index in [4.69, 9.17) is 4.74 Å². The fourth-order valence-corrected chi connectivity index (χ4v) is 3.45. The van der Waals surface area contributed by atoms with Gasteiger partial charge in [0.25, 0.3) is 0 Å². The molecule has 0 saturated carbocycles. The highest BCUT2D eigenvalue weighted by atomic mass is 16.5. The lowest BCUT2D eigenvalue weighted by Crippen LogP contribution is -2.51. The van der Waals surface area contributed by atoms with Crippen molar-refractivity contribution in [1.82, 2.24) is 10.2 Å². The van der Waals surface area contributed by atoms with Gasteiger partial charge in [-0.3, -0.25) is 9.59 Å². The molecular weight excluding hydrogens is 292 g/mol. The Morgan fingerprint density at radius 3 is 2.61 bits per heavy atom. The molecular formula is C18H24N2O3. The summed E-state index contributed by atoms with van der Waals surface area (Å²) >= 11 is 0. The van der Waals surface area contributed by atoms with Gasteiger partial charge in [0, 0.05) is 19.6 Å². The highest BCUT2D eigenvalue weighted by Gasteiger charge is 2.32. The number of ether oxygens (including phenoxy) is 1. The van der Waals surface area contributed by atoms with Crippen molar-refractivity contribution in [3.63, 3.8) is 0 Å². The van der Waals surface area contributed by atoms with Gasteiger partial charge < -0.3 is 15.0 Å². The van der Waals surface area contributed by atoms with E-state index in [-0.39, 0.29) is 23.8 Å². The molecule has 1 unspecified atom stereocenters. The summed E-state index contributed by atoms with van der Waals surface area (Å²) in [6, 6.07) is 8.11. The van der Waals surface area contributed by atoms with Crippen LogP contribution in [-0.4, -0.2) is 42.5 Å². The molecule has 2 heterocycles. The largest absolute Gasteiger partial charge is 0.466 e. The first kappa shape index (κ1) is 16.0. The second kappa shape index (κ2) is 7.13. The number of piperidine rings is 1. The highest BCUT2D eigenvalue weighted by Crippen LogP contribution is 2.22. The Kier molecular flexibility index (Phi) is 4.96. The summed E-state index contributed by atoms with van der Waals surface area (Å²) in [5.74, 6) is -0.0230. The number of hydrogen-bond donors (Lipinski definition) is 1. The lowest BCUT2D eigenvalue weighted by Gasteiger charge is -2.35. The number of benzene rings is 1. The Balaban J connectivity index is 1.55. The van der Waals surface area contributed by atoms with Gasteiger partial charge in [0.15, 0.2) is 0 Å². The second-order valence-corrected chi connectivity index (χ2v) is 6.26. The van der Waals surface area contributed by atoms with Gasteiger partial charge in [-0.1, -0.05) is 24.3 Å². The SMILES string of the molecule is CCOC(=O)C1CCN(C(=O)C2Cc3ccccc3CN2)CC1. The maximum Gasteiger partial charge on any atom is 0.309 e. The van der Waals surface area contributed by atoms with E-state index in [1.165, 1.54) is 11.1 Å². The number of amides is 1. The van der Waals surface area contributed by atoms with E-state index in [2.05, 4.69) is 17.4 Å². The van der Waals surface area contributed by atoms with Crippen LogP contribution in [0.2, 0.25) is 0 Å². The molecule has 1 fully saturated rings. The predicted octanol–water partition coefficient (Wildman–Crippen LogP) is 1.50. The van der Waals surface area contributed by atoms with E-state index in [1.54, 1.807) is 0 Å². The molecule has 1 aromatic carbocycles. The van der Waals surface area contributed by atoms with Crippen LogP contribution in [0.3, 0.4) is 0 Å². The van der Waals surface area contributed by atoms with Crippen molar-refractivity contribution in [2.24, 2.45) is 5.92 Å². The fraction of sp³-hybridized carbons (Fsp3) is 0.556. The van der Waals surface area contributed by atoms with Crippen molar-refractivity contribution in [3.8, 4) is 0 Å². The van der Waals surface area contributed by atoms with Crippen molar-refractivity contribution in [1.29, 1.82) is 0 Å². The second-order valence-electron chi connectivity index (χ2n) is 6.26. The van der Waals surface area contributed by atoms with Crippen LogP contribution >= 0.6 is 0 Å². The summed E-state index contributed by atoms with van der Waals surface area (Å²) in [4.78, 5) is 26.4. The van der Waals surface area contributed by atoms with Gasteiger partial charge in [-0.15, -0.1) is 0 Å². The molecule has 0 bridgehead atoms. The zero-order chi connectivity index (χ0) is 16.2. The van der Waals surface area contributed by atoms with Crippen LogP contribution in [0.25, 0.3) is 0 Å². The smallest absolute Gasteiger partial charge is 0.309 e. The molecule has 3 rings (SSSR count). The van der Waals surface area contributed by atoms with Gasteiger partial charge in [0.2, 0.25) is 5.91 Å². The molecule has 5 heteroatoms. The van der Waals surface area contributed by atoms with E-state index in [1.807, 2.05) is 24.0 Å². The molecule has 1 atom stereocenters. The predicted molar refractivity (Wildman–Crippen MR) is 86.7 cm³/mol. The van der Waals surface area contributed by atoms with Crippen LogP contribution in [0.4, 0.5) is 0 Å². The molecule has 0 spiro atoms. The van der Waals surface area contributed by atoms with Crippen molar-refractivity contribution >= 4 is 11.9 Å². The standard InChI is InChI=1S/C18H24N2O3/c1-2-23-18(22)13-7-9-20(10-8-13)17(21)16-11-14-5-3-4-6-15(14)12-19-16/h3-6,13,16,19H,2,7-12H2,1H3. The molecule has 2 aliphatic rings. The molecule has 5 nitrogen and oxygen atoms in total. The minimum Gasteiger partial charge on any atom is -0.466 e. The van der Waals surface area contributed by atoms with E-state index in [0.29, 0.717) is 32.5 Å². The van der Waals surface area contributed by atoms with Crippen molar-refractivity contribution in [2.45, 2.75) is 38.8 Å². The number of carbonyl (C=O) groups is 2. The van der Waals surface area contributed by atoms with Crippen molar-refractivity contribution in [3.05, 3.63) is 35.4 Å². The zero-order valence-corrected chi connectivity index (χ0v) is 13.6. The van der Waals surface area contributed by atoms with Gasteiger partial charge in [-0.05, 0) is 37.3 Å². The Bertz CT molecular complexity index is 579.